The normalized spacial score (nSPS) is 30.5. The van der Waals surface area contributed by atoms with Gasteiger partial charge in [0.05, 0.1) is 0 Å². The van der Waals surface area contributed by atoms with Crippen LogP contribution in [0.3, 0.4) is 0 Å². The smallest absolute Gasteiger partial charge is 0.189 e. The average molecular weight is 274 g/mol. The molecule has 0 spiro atoms. The Labute approximate surface area is 118 Å². The van der Waals surface area contributed by atoms with Gasteiger partial charge in [0.15, 0.2) is 5.78 Å². The molecule has 1 aliphatic heterocycles. The number of fused-ring (bicyclic) bond motifs is 1. The largest absolute Gasteiger partial charge is 0.369 e. The zero-order valence-electron chi connectivity index (χ0n) is 11.5. The van der Waals surface area contributed by atoms with Crippen molar-refractivity contribution in [1.82, 2.24) is 10.6 Å². The van der Waals surface area contributed by atoms with Gasteiger partial charge in [0.2, 0.25) is 0 Å². The maximum Gasteiger partial charge on any atom is 0.189 e. The highest BCUT2D eigenvalue weighted by Crippen LogP contribution is 2.31. The molecule has 2 N–H and O–H groups in total. The molecule has 106 valence electrons. The maximum absolute atomic E-state index is 12.9. The van der Waals surface area contributed by atoms with Gasteiger partial charge in [-0.2, -0.15) is 0 Å². The van der Waals surface area contributed by atoms with Crippen molar-refractivity contribution in [2.75, 3.05) is 0 Å². The van der Waals surface area contributed by atoms with Crippen LogP contribution >= 0.6 is 0 Å². The molecule has 2 fully saturated rings. The van der Waals surface area contributed by atoms with Crippen LogP contribution in [0, 0.1) is 11.7 Å². The second-order valence-electron chi connectivity index (χ2n) is 5.71. The lowest BCUT2D eigenvalue weighted by atomic mass is 9.93. The van der Waals surface area contributed by atoms with Crippen LogP contribution in [0.25, 0.3) is 0 Å². The van der Waals surface area contributed by atoms with E-state index in [1.54, 1.807) is 6.08 Å². The van der Waals surface area contributed by atoms with Crippen molar-refractivity contribution in [3.8, 4) is 0 Å². The van der Waals surface area contributed by atoms with Crippen LogP contribution in [0.15, 0.2) is 36.2 Å². The predicted octanol–water partition coefficient (Wildman–Crippen LogP) is 2.60. The van der Waals surface area contributed by atoms with Gasteiger partial charge < -0.3 is 10.6 Å². The second kappa shape index (κ2) is 5.27. The average Bonchev–Trinajstić information content (AvgIpc) is 2.88. The molecule has 3 unspecified atom stereocenters. The molecule has 1 heterocycles. The van der Waals surface area contributed by atoms with E-state index in [-0.39, 0.29) is 11.6 Å². The lowest BCUT2D eigenvalue weighted by molar-refractivity contribution is 0.104. The minimum Gasteiger partial charge on any atom is -0.369 e. The van der Waals surface area contributed by atoms with Crippen LogP contribution in [-0.2, 0) is 0 Å². The van der Waals surface area contributed by atoms with Gasteiger partial charge in [-0.1, -0.05) is 6.42 Å². The number of carbonyl (C=O) groups is 1. The van der Waals surface area contributed by atoms with Crippen LogP contribution in [0.5, 0.6) is 0 Å². The number of hydrogen-bond donors (Lipinski definition) is 2. The van der Waals surface area contributed by atoms with Gasteiger partial charge >= 0.3 is 0 Å². The summed E-state index contributed by atoms with van der Waals surface area (Å²) in [5.74, 6) is 0.997. The molecule has 4 heteroatoms. The van der Waals surface area contributed by atoms with Crippen molar-refractivity contribution in [3.63, 3.8) is 0 Å². The van der Waals surface area contributed by atoms with E-state index in [9.17, 15) is 9.18 Å². The fourth-order valence-corrected chi connectivity index (χ4v) is 3.27. The third-order valence-electron chi connectivity index (χ3n) is 4.34. The molecule has 1 aliphatic carbocycles. The Hall–Kier alpha value is -1.84. The van der Waals surface area contributed by atoms with Gasteiger partial charge in [-0.25, -0.2) is 4.39 Å². The topological polar surface area (TPSA) is 41.1 Å². The molecule has 0 aromatic heterocycles. The van der Waals surface area contributed by atoms with Crippen molar-refractivity contribution in [2.24, 2.45) is 5.92 Å². The molecule has 1 saturated carbocycles. The molecule has 3 rings (SSSR count). The highest BCUT2D eigenvalue weighted by Gasteiger charge is 2.35. The van der Waals surface area contributed by atoms with Crippen molar-refractivity contribution in [3.05, 3.63) is 47.5 Å². The van der Waals surface area contributed by atoms with Crippen LogP contribution in [0.4, 0.5) is 4.39 Å². The van der Waals surface area contributed by atoms with E-state index >= 15 is 0 Å². The Morgan fingerprint density at radius 3 is 2.75 bits per heavy atom. The molecular formula is C16H19FN2O. The minimum absolute atomic E-state index is 0.108. The molecule has 0 amide bonds. The monoisotopic (exact) mass is 274 g/mol. The van der Waals surface area contributed by atoms with Crippen molar-refractivity contribution >= 4 is 5.78 Å². The number of halogens is 1. The van der Waals surface area contributed by atoms with Crippen LogP contribution in [0.2, 0.25) is 0 Å². The first kappa shape index (κ1) is 13.2. The summed E-state index contributed by atoms with van der Waals surface area (Å²) in [6, 6.07) is 6.50. The molecule has 2 aliphatic rings. The number of rotatable bonds is 2. The number of hydrogen-bond acceptors (Lipinski definition) is 3. The maximum atomic E-state index is 12.9. The number of allylic oxidation sites excluding steroid dienone is 1. The minimum atomic E-state index is -0.328. The van der Waals surface area contributed by atoms with E-state index in [0.29, 0.717) is 23.6 Å². The lowest BCUT2D eigenvalue weighted by Crippen LogP contribution is -2.52. The molecule has 3 atom stereocenters. The van der Waals surface area contributed by atoms with Gasteiger partial charge in [-0.15, -0.1) is 0 Å². The summed E-state index contributed by atoms with van der Waals surface area (Å²) in [5, 5.41) is 6.77. The SMILES string of the molecule is CC1N/C(=C\C(=O)c2ccc(F)cc2)NC2CCCC12. The Kier molecular flexibility index (Phi) is 3.47. The first-order valence-corrected chi connectivity index (χ1v) is 7.18. The molecule has 0 bridgehead atoms. The first-order chi connectivity index (χ1) is 9.63. The van der Waals surface area contributed by atoms with E-state index in [1.165, 1.54) is 43.5 Å². The predicted molar refractivity (Wildman–Crippen MR) is 75.7 cm³/mol. The quantitative estimate of drug-likeness (QED) is 0.643. The third-order valence-corrected chi connectivity index (χ3v) is 4.34. The standard InChI is InChI=1S/C16H19FN2O/c1-10-13-3-2-4-14(13)19-16(18-10)9-15(20)11-5-7-12(17)8-6-11/h5-10,13-14,18-19H,2-4H2,1H3/b16-9+. The number of nitrogens with one attached hydrogen (secondary N) is 2. The molecular weight excluding hydrogens is 255 g/mol. The van der Waals surface area contributed by atoms with Crippen LogP contribution in [0.1, 0.15) is 36.5 Å². The zero-order valence-corrected chi connectivity index (χ0v) is 11.5. The Morgan fingerprint density at radius 2 is 2.00 bits per heavy atom. The van der Waals surface area contributed by atoms with E-state index in [0.717, 1.165) is 5.82 Å². The number of benzene rings is 1. The van der Waals surface area contributed by atoms with E-state index < -0.39 is 0 Å². The second-order valence-corrected chi connectivity index (χ2v) is 5.71. The van der Waals surface area contributed by atoms with Crippen LogP contribution in [-0.4, -0.2) is 17.9 Å². The summed E-state index contributed by atoms with van der Waals surface area (Å²) in [5.41, 5.74) is 0.503. The summed E-state index contributed by atoms with van der Waals surface area (Å²) in [6.07, 6.45) is 5.23. The highest BCUT2D eigenvalue weighted by molar-refractivity contribution is 6.04. The number of carbonyl (C=O) groups excluding carboxylic acids is 1. The van der Waals surface area contributed by atoms with E-state index in [2.05, 4.69) is 17.6 Å². The third kappa shape index (κ3) is 2.55. The van der Waals surface area contributed by atoms with Gasteiger partial charge in [-0.05, 0) is 49.9 Å². The van der Waals surface area contributed by atoms with Crippen molar-refractivity contribution < 1.29 is 9.18 Å². The Morgan fingerprint density at radius 1 is 1.25 bits per heavy atom. The highest BCUT2D eigenvalue weighted by atomic mass is 19.1. The van der Waals surface area contributed by atoms with Gasteiger partial charge in [0, 0.05) is 23.7 Å². The van der Waals surface area contributed by atoms with Gasteiger partial charge in [0.25, 0.3) is 0 Å². The number of ketones is 1. The lowest BCUT2D eigenvalue weighted by Gasteiger charge is -2.36. The van der Waals surface area contributed by atoms with E-state index in [1.807, 2.05) is 0 Å². The fourth-order valence-electron chi connectivity index (χ4n) is 3.27. The summed E-state index contributed by atoms with van der Waals surface area (Å²) >= 11 is 0. The Balaban J connectivity index is 1.75. The van der Waals surface area contributed by atoms with Crippen molar-refractivity contribution in [1.29, 1.82) is 0 Å². The molecule has 0 radical (unpaired) electrons. The molecule has 3 nitrogen and oxygen atoms in total. The summed E-state index contributed by atoms with van der Waals surface area (Å²) in [6.45, 7) is 2.17. The zero-order chi connectivity index (χ0) is 14.1. The molecule has 1 saturated heterocycles. The summed E-state index contributed by atoms with van der Waals surface area (Å²) in [7, 11) is 0. The van der Waals surface area contributed by atoms with Gasteiger partial charge in [-0.3, -0.25) is 4.79 Å². The summed E-state index contributed by atoms with van der Waals surface area (Å²) in [4.78, 5) is 12.1. The first-order valence-electron chi connectivity index (χ1n) is 7.18. The summed E-state index contributed by atoms with van der Waals surface area (Å²) < 4.78 is 12.9. The Bertz CT molecular complexity index is 538. The molecule has 1 aromatic rings. The van der Waals surface area contributed by atoms with Gasteiger partial charge in [0.1, 0.15) is 11.6 Å². The fraction of sp³-hybridized carbons (Fsp3) is 0.438. The van der Waals surface area contributed by atoms with Crippen LogP contribution < -0.4 is 10.6 Å². The molecule has 20 heavy (non-hydrogen) atoms. The molecule has 1 aromatic carbocycles. The van der Waals surface area contributed by atoms with E-state index in [4.69, 9.17) is 0 Å². The van der Waals surface area contributed by atoms with Crippen molar-refractivity contribution in [2.45, 2.75) is 38.3 Å².